The highest BCUT2D eigenvalue weighted by molar-refractivity contribution is 5.91. The summed E-state index contributed by atoms with van der Waals surface area (Å²) in [6.45, 7) is 6.67. The molecule has 148 valence electrons. The highest BCUT2D eigenvalue weighted by Gasteiger charge is 2.19. The monoisotopic (exact) mass is 403 g/mol. The molecule has 2 aliphatic heterocycles. The molecule has 5 nitrogen and oxygen atoms in total. The second kappa shape index (κ2) is 11.8. The number of ether oxygens (including phenoxy) is 1. The Morgan fingerprint density at radius 1 is 1.27 bits per heavy atom. The summed E-state index contributed by atoms with van der Waals surface area (Å²) < 4.78 is 5.38. The minimum absolute atomic E-state index is 0. The number of rotatable bonds is 5. The van der Waals surface area contributed by atoms with Gasteiger partial charge in [0.2, 0.25) is 5.91 Å². The van der Waals surface area contributed by atoms with Gasteiger partial charge in [-0.1, -0.05) is 18.6 Å². The second-order valence-corrected chi connectivity index (χ2v) is 6.99. The van der Waals surface area contributed by atoms with Gasteiger partial charge in [0.1, 0.15) is 0 Å². The molecule has 0 saturated carbocycles. The topological polar surface area (TPSA) is 53.6 Å². The van der Waals surface area contributed by atoms with Gasteiger partial charge >= 0.3 is 0 Å². The van der Waals surface area contributed by atoms with Crippen LogP contribution in [0.3, 0.4) is 0 Å². The van der Waals surface area contributed by atoms with Crippen LogP contribution in [0.1, 0.15) is 38.2 Å². The molecule has 1 aromatic carbocycles. The Kier molecular flexibility index (Phi) is 10.5. The number of hydrogen-bond acceptors (Lipinski definition) is 4. The van der Waals surface area contributed by atoms with E-state index in [1.165, 1.54) is 31.4 Å². The summed E-state index contributed by atoms with van der Waals surface area (Å²) in [5.74, 6) is 0.0374. The third kappa shape index (κ3) is 7.05. The number of benzene rings is 1. The Morgan fingerprint density at radius 2 is 2.04 bits per heavy atom. The summed E-state index contributed by atoms with van der Waals surface area (Å²) in [6, 6.07) is 9.05. The molecule has 2 heterocycles. The normalized spacial score (nSPS) is 23.4. The molecular formula is C19H31Cl2N3O2. The van der Waals surface area contributed by atoms with Gasteiger partial charge in [0.05, 0.1) is 13.2 Å². The number of nitrogens with zero attached hydrogens (tertiary/aromatic N) is 1. The van der Waals surface area contributed by atoms with Gasteiger partial charge in [-0.25, -0.2) is 0 Å². The van der Waals surface area contributed by atoms with Crippen molar-refractivity contribution < 1.29 is 9.53 Å². The molecule has 0 aliphatic carbocycles. The number of nitrogens with one attached hydrogen (secondary N) is 2. The van der Waals surface area contributed by atoms with Crippen LogP contribution in [0.4, 0.5) is 5.69 Å². The van der Waals surface area contributed by atoms with Crippen LogP contribution in [0, 0.1) is 0 Å². The van der Waals surface area contributed by atoms with Crippen molar-refractivity contribution in [3.05, 3.63) is 29.8 Å². The first kappa shape index (κ1) is 23.2. The van der Waals surface area contributed by atoms with Crippen molar-refractivity contribution in [2.45, 2.75) is 51.2 Å². The molecule has 2 aliphatic rings. The van der Waals surface area contributed by atoms with E-state index in [4.69, 9.17) is 4.74 Å². The molecule has 1 aromatic rings. The minimum atomic E-state index is 0. The van der Waals surface area contributed by atoms with Crippen LogP contribution in [0.25, 0.3) is 0 Å². The van der Waals surface area contributed by atoms with Gasteiger partial charge in [0.25, 0.3) is 0 Å². The molecule has 2 fully saturated rings. The lowest BCUT2D eigenvalue weighted by Crippen LogP contribution is -2.43. The van der Waals surface area contributed by atoms with Crippen molar-refractivity contribution in [1.82, 2.24) is 10.2 Å². The van der Waals surface area contributed by atoms with E-state index < -0.39 is 0 Å². The van der Waals surface area contributed by atoms with Crippen molar-refractivity contribution >= 4 is 36.4 Å². The van der Waals surface area contributed by atoms with E-state index in [9.17, 15) is 4.79 Å². The number of hydrogen-bond donors (Lipinski definition) is 2. The van der Waals surface area contributed by atoms with E-state index in [2.05, 4.69) is 34.6 Å². The maximum absolute atomic E-state index is 12.1. The molecule has 7 heteroatoms. The highest BCUT2D eigenvalue weighted by Crippen LogP contribution is 2.20. The van der Waals surface area contributed by atoms with Crippen molar-refractivity contribution in [3.63, 3.8) is 0 Å². The summed E-state index contributed by atoms with van der Waals surface area (Å²) >= 11 is 0. The smallest absolute Gasteiger partial charge is 0.226 e. The van der Waals surface area contributed by atoms with Gasteiger partial charge in [0.15, 0.2) is 0 Å². The molecular weight excluding hydrogens is 373 g/mol. The summed E-state index contributed by atoms with van der Waals surface area (Å²) in [7, 11) is 0. The fourth-order valence-corrected chi connectivity index (χ4v) is 3.51. The number of likely N-dealkylation sites (tertiary alicyclic amines) is 1. The first-order valence-corrected chi connectivity index (χ1v) is 9.14. The number of anilines is 1. The number of carbonyl (C=O) groups excluding carboxylic acids is 1. The van der Waals surface area contributed by atoms with E-state index >= 15 is 0 Å². The number of amides is 1. The highest BCUT2D eigenvalue weighted by atomic mass is 35.5. The van der Waals surface area contributed by atoms with Crippen LogP contribution >= 0.6 is 24.8 Å². The van der Waals surface area contributed by atoms with Crippen LogP contribution in [0.2, 0.25) is 0 Å². The van der Waals surface area contributed by atoms with Crippen molar-refractivity contribution in [2.24, 2.45) is 0 Å². The standard InChI is InChI=1S/C19H29N3O2.2ClH/c1-15-4-2-3-10-22(15)13-16-5-7-17(8-6-16)21-19(23)12-18-14-24-11-9-20-18;;/h5-8,15,18,20H,2-4,9-14H2,1H3,(H,21,23);2*1H. The predicted molar refractivity (Wildman–Crippen MR) is 111 cm³/mol. The number of carbonyl (C=O) groups is 1. The van der Waals surface area contributed by atoms with Crippen molar-refractivity contribution in [3.8, 4) is 0 Å². The van der Waals surface area contributed by atoms with Crippen LogP contribution in [0.15, 0.2) is 24.3 Å². The van der Waals surface area contributed by atoms with Gasteiger partial charge < -0.3 is 15.4 Å². The van der Waals surface area contributed by atoms with Gasteiger partial charge in [-0.3, -0.25) is 9.69 Å². The van der Waals surface area contributed by atoms with E-state index in [1.807, 2.05) is 12.1 Å². The lowest BCUT2D eigenvalue weighted by Gasteiger charge is -2.33. The molecule has 0 spiro atoms. The number of morpholine rings is 1. The van der Waals surface area contributed by atoms with Gasteiger partial charge in [-0.2, -0.15) is 0 Å². The quantitative estimate of drug-likeness (QED) is 0.792. The molecule has 1 amide bonds. The molecule has 3 rings (SSSR count). The fourth-order valence-electron chi connectivity index (χ4n) is 3.51. The summed E-state index contributed by atoms with van der Waals surface area (Å²) in [4.78, 5) is 14.7. The minimum Gasteiger partial charge on any atom is -0.378 e. The Labute approximate surface area is 169 Å². The van der Waals surface area contributed by atoms with Gasteiger partial charge in [-0.15, -0.1) is 24.8 Å². The second-order valence-electron chi connectivity index (χ2n) is 6.99. The first-order chi connectivity index (χ1) is 11.7. The third-order valence-corrected chi connectivity index (χ3v) is 4.99. The Balaban J connectivity index is 0.00000169. The SMILES string of the molecule is CC1CCCCN1Cc1ccc(NC(=O)CC2COCCN2)cc1.Cl.Cl. The molecule has 0 aromatic heterocycles. The van der Waals surface area contributed by atoms with E-state index in [0.717, 1.165) is 25.4 Å². The fraction of sp³-hybridized carbons (Fsp3) is 0.632. The zero-order valence-electron chi connectivity index (χ0n) is 15.4. The molecule has 26 heavy (non-hydrogen) atoms. The number of halogens is 2. The van der Waals surface area contributed by atoms with Crippen LogP contribution in [-0.2, 0) is 16.1 Å². The molecule has 0 bridgehead atoms. The summed E-state index contributed by atoms with van der Waals surface area (Å²) in [5, 5.41) is 6.28. The zero-order chi connectivity index (χ0) is 16.8. The third-order valence-electron chi connectivity index (χ3n) is 4.99. The van der Waals surface area contributed by atoms with Crippen molar-refractivity contribution in [1.29, 1.82) is 0 Å². The molecule has 0 radical (unpaired) electrons. The molecule has 2 saturated heterocycles. The van der Waals surface area contributed by atoms with E-state index in [0.29, 0.717) is 19.1 Å². The van der Waals surface area contributed by atoms with E-state index in [1.54, 1.807) is 0 Å². The molecule has 2 unspecified atom stereocenters. The average Bonchev–Trinajstić information content (AvgIpc) is 2.59. The lowest BCUT2D eigenvalue weighted by atomic mass is 10.0. The molecule has 2 N–H and O–H groups in total. The van der Waals surface area contributed by atoms with Crippen LogP contribution in [0.5, 0.6) is 0 Å². The first-order valence-electron chi connectivity index (χ1n) is 9.14. The van der Waals surface area contributed by atoms with Gasteiger partial charge in [0, 0.05) is 37.3 Å². The van der Waals surface area contributed by atoms with Gasteiger partial charge in [-0.05, 0) is 44.0 Å². The predicted octanol–water partition coefficient (Wildman–Crippen LogP) is 3.22. The largest absolute Gasteiger partial charge is 0.378 e. The Bertz CT molecular complexity index is 536. The zero-order valence-corrected chi connectivity index (χ0v) is 17.0. The van der Waals surface area contributed by atoms with E-state index in [-0.39, 0.29) is 36.8 Å². The maximum atomic E-state index is 12.1. The van der Waals surface area contributed by atoms with Crippen LogP contribution < -0.4 is 10.6 Å². The van der Waals surface area contributed by atoms with Crippen molar-refractivity contribution in [2.75, 3.05) is 31.6 Å². The Hall–Kier alpha value is -0.850. The van der Waals surface area contributed by atoms with Crippen LogP contribution in [-0.4, -0.2) is 49.2 Å². The molecule has 2 atom stereocenters. The Morgan fingerprint density at radius 3 is 2.69 bits per heavy atom. The number of piperidine rings is 1. The maximum Gasteiger partial charge on any atom is 0.226 e. The summed E-state index contributed by atoms with van der Waals surface area (Å²) in [5.41, 5.74) is 2.18. The summed E-state index contributed by atoms with van der Waals surface area (Å²) in [6.07, 6.45) is 4.40. The average molecular weight is 404 g/mol. The lowest BCUT2D eigenvalue weighted by molar-refractivity contribution is -0.117.